The minimum atomic E-state index is 0.536. The predicted molar refractivity (Wildman–Crippen MR) is 142 cm³/mol. The molecule has 2 heterocycles. The Labute approximate surface area is 198 Å². The zero-order valence-corrected chi connectivity index (χ0v) is 21.0. The molecule has 2 aliphatic carbocycles. The quantitative estimate of drug-likeness (QED) is 0.405. The molecular weight excluding hydrogens is 400 g/mol. The highest BCUT2D eigenvalue weighted by molar-refractivity contribution is 6.07. The van der Waals surface area contributed by atoms with E-state index in [1.54, 1.807) is 0 Å². The van der Waals surface area contributed by atoms with Crippen molar-refractivity contribution in [2.75, 3.05) is 0 Å². The maximum Gasteiger partial charge on any atom is 0.0531 e. The van der Waals surface area contributed by atoms with E-state index in [0.717, 1.165) is 31.5 Å². The van der Waals surface area contributed by atoms with Crippen molar-refractivity contribution in [3.63, 3.8) is 0 Å². The van der Waals surface area contributed by atoms with Crippen LogP contribution in [0, 0.1) is 25.7 Å². The standard InChI is InChI=1S/C31H36N2/c1-8-10-25-20(4)16-28-29(23(25)7)30-26-11-9-12-32-27(26)15-21(5)31(30)33(28)17-24-14-18(2)13-19(3)22(24)6/h9,11-14,16,19,22H,5,8,10,15,17H2,1-4,6-7H3. The molecule has 5 rings (SSSR count). The van der Waals surface area contributed by atoms with Gasteiger partial charge in [-0.05, 0) is 79.0 Å². The third kappa shape index (κ3) is 3.42. The van der Waals surface area contributed by atoms with E-state index < -0.39 is 0 Å². The van der Waals surface area contributed by atoms with E-state index >= 15 is 0 Å². The van der Waals surface area contributed by atoms with Crippen LogP contribution in [0.15, 0.2) is 54.3 Å². The number of benzene rings is 1. The van der Waals surface area contributed by atoms with Crippen molar-refractivity contribution in [3.8, 4) is 11.1 Å². The van der Waals surface area contributed by atoms with Gasteiger partial charge >= 0.3 is 0 Å². The van der Waals surface area contributed by atoms with Crippen molar-refractivity contribution in [3.05, 3.63) is 82.4 Å². The van der Waals surface area contributed by atoms with Crippen LogP contribution in [0.3, 0.4) is 0 Å². The molecule has 0 radical (unpaired) electrons. The number of hydrogen-bond acceptors (Lipinski definition) is 1. The summed E-state index contributed by atoms with van der Waals surface area (Å²) in [5.74, 6) is 1.10. The van der Waals surface area contributed by atoms with Crippen LogP contribution in [-0.4, -0.2) is 9.55 Å². The molecule has 0 bridgehead atoms. The van der Waals surface area contributed by atoms with Crippen LogP contribution < -0.4 is 0 Å². The van der Waals surface area contributed by atoms with Crippen LogP contribution in [0.2, 0.25) is 0 Å². The van der Waals surface area contributed by atoms with Crippen LogP contribution in [-0.2, 0) is 19.4 Å². The van der Waals surface area contributed by atoms with E-state index in [-0.39, 0.29) is 0 Å². The van der Waals surface area contributed by atoms with E-state index in [1.165, 1.54) is 61.1 Å². The van der Waals surface area contributed by atoms with Gasteiger partial charge in [-0.1, -0.05) is 57.6 Å². The summed E-state index contributed by atoms with van der Waals surface area (Å²) in [4.78, 5) is 4.75. The number of pyridine rings is 1. The predicted octanol–water partition coefficient (Wildman–Crippen LogP) is 8.00. The lowest BCUT2D eigenvalue weighted by Crippen LogP contribution is -2.18. The molecule has 0 amide bonds. The van der Waals surface area contributed by atoms with Gasteiger partial charge in [-0.2, -0.15) is 0 Å². The normalized spacial score (nSPS) is 19.9. The number of rotatable bonds is 4. The largest absolute Gasteiger partial charge is 0.336 e. The molecule has 2 aliphatic rings. The Morgan fingerprint density at radius 2 is 1.97 bits per heavy atom. The van der Waals surface area contributed by atoms with E-state index in [0.29, 0.717) is 11.8 Å². The lowest BCUT2D eigenvalue weighted by Gasteiger charge is -2.28. The monoisotopic (exact) mass is 436 g/mol. The summed E-state index contributed by atoms with van der Waals surface area (Å²) in [7, 11) is 0. The zero-order chi connectivity index (χ0) is 23.4. The number of allylic oxidation sites excluding steroid dienone is 5. The molecule has 2 aromatic heterocycles. The average molecular weight is 437 g/mol. The van der Waals surface area contributed by atoms with Crippen molar-refractivity contribution in [2.24, 2.45) is 11.8 Å². The second kappa shape index (κ2) is 8.17. The van der Waals surface area contributed by atoms with Gasteiger partial charge < -0.3 is 4.57 Å². The van der Waals surface area contributed by atoms with Crippen molar-refractivity contribution < 1.29 is 0 Å². The summed E-state index contributed by atoms with van der Waals surface area (Å²) in [6.45, 7) is 19.3. The maximum atomic E-state index is 4.75. The number of nitrogens with zero attached hydrogens (tertiary/aromatic N) is 2. The van der Waals surface area contributed by atoms with Gasteiger partial charge in [0.15, 0.2) is 0 Å². The van der Waals surface area contributed by atoms with Crippen molar-refractivity contribution in [1.29, 1.82) is 0 Å². The smallest absolute Gasteiger partial charge is 0.0531 e. The first-order chi connectivity index (χ1) is 15.8. The highest BCUT2D eigenvalue weighted by Crippen LogP contribution is 2.47. The fourth-order valence-corrected chi connectivity index (χ4v) is 6.17. The number of aryl methyl sites for hydroxylation is 2. The summed E-state index contributed by atoms with van der Waals surface area (Å²) in [6, 6.07) is 6.78. The Morgan fingerprint density at radius 3 is 2.73 bits per heavy atom. The Morgan fingerprint density at radius 1 is 1.18 bits per heavy atom. The number of fused-ring (bicyclic) bond motifs is 5. The summed E-state index contributed by atoms with van der Waals surface area (Å²) in [6.07, 6.45) is 9.84. The molecule has 2 nitrogen and oxygen atoms in total. The van der Waals surface area contributed by atoms with Crippen LogP contribution in [0.1, 0.15) is 62.2 Å². The van der Waals surface area contributed by atoms with Crippen molar-refractivity contribution >= 4 is 16.5 Å². The Balaban J connectivity index is 1.84. The van der Waals surface area contributed by atoms with Gasteiger partial charge in [0, 0.05) is 41.2 Å². The lowest BCUT2D eigenvalue weighted by molar-refractivity contribution is 0.492. The first-order valence-electron chi connectivity index (χ1n) is 12.5. The first-order valence-corrected chi connectivity index (χ1v) is 12.5. The van der Waals surface area contributed by atoms with Crippen molar-refractivity contribution in [2.45, 2.75) is 67.3 Å². The molecule has 2 unspecified atom stereocenters. The third-order valence-corrected chi connectivity index (χ3v) is 7.99. The average Bonchev–Trinajstić information content (AvgIpc) is 3.09. The van der Waals surface area contributed by atoms with E-state index in [1.807, 2.05) is 6.20 Å². The molecular formula is C31H36N2. The number of aromatic nitrogens is 2. The number of hydrogen-bond donors (Lipinski definition) is 0. The van der Waals surface area contributed by atoms with Gasteiger partial charge in [0.25, 0.3) is 0 Å². The summed E-state index contributed by atoms with van der Waals surface area (Å²) in [5, 5.41) is 1.40. The van der Waals surface area contributed by atoms with Crippen LogP contribution >= 0.6 is 0 Å². The SMILES string of the molecule is C=C1Cc2ncccc2-c2c1n(CC1=CC(C)=CC(C)C1C)c1cc(C)c(CCC)c(C)c21. The van der Waals surface area contributed by atoms with Crippen LogP contribution in [0.5, 0.6) is 0 Å². The van der Waals surface area contributed by atoms with Crippen LogP contribution in [0.4, 0.5) is 0 Å². The molecule has 0 saturated heterocycles. The molecule has 2 heteroatoms. The minimum absolute atomic E-state index is 0.536. The van der Waals surface area contributed by atoms with Crippen molar-refractivity contribution in [1.82, 2.24) is 9.55 Å². The molecule has 0 saturated carbocycles. The molecule has 170 valence electrons. The minimum Gasteiger partial charge on any atom is -0.336 e. The highest BCUT2D eigenvalue weighted by Gasteiger charge is 2.30. The molecule has 1 aromatic carbocycles. The molecule has 33 heavy (non-hydrogen) atoms. The van der Waals surface area contributed by atoms with Crippen LogP contribution in [0.25, 0.3) is 27.6 Å². The Bertz CT molecular complexity index is 1350. The van der Waals surface area contributed by atoms with Gasteiger partial charge in [-0.15, -0.1) is 0 Å². The summed E-state index contributed by atoms with van der Waals surface area (Å²) >= 11 is 0. The summed E-state index contributed by atoms with van der Waals surface area (Å²) < 4.78 is 2.58. The van der Waals surface area contributed by atoms with Gasteiger partial charge in [-0.25, -0.2) is 0 Å². The Hall–Kier alpha value is -2.87. The molecule has 2 atom stereocenters. The van der Waals surface area contributed by atoms with Gasteiger partial charge in [-0.3, -0.25) is 4.98 Å². The molecule has 0 fully saturated rings. The van der Waals surface area contributed by atoms with Gasteiger partial charge in [0.1, 0.15) is 0 Å². The van der Waals surface area contributed by atoms with Gasteiger partial charge in [0.2, 0.25) is 0 Å². The molecule has 0 aliphatic heterocycles. The molecule has 0 N–H and O–H groups in total. The second-order valence-electron chi connectivity index (χ2n) is 10.3. The topological polar surface area (TPSA) is 17.8 Å². The third-order valence-electron chi connectivity index (χ3n) is 7.99. The zero-order valence-electron chi connectivity index (χ0n) is 21.0. The second-order valence-corrected chi connectivity index (χ2v) is 10.3. The summed E-state index contributed by atoms with van der Waals surface area (Å²) in [5.41, 5.74) is 14.9. The van der Waals surface area contributed by atoms with Gasteiger partial charge in [0.05, 0.1) is 11.4 Å². The van der Waals surface area contributed by atoms with E-state index in [9.17, 15) is 0 Å². The fraction of sp³-hybridized carbons (Fsp3) is 0.387. The maximum absolute atomic E-state index is 4.75. The molecule has 3 aromatic rings. The van der Waals surface area contributed by atoms with E-state index in [4.69, 9.17) is 4.98 Å². The fourth-order valence-electron chi connectivity index (χ4n) is 6.17. The molecule has 0 spiro atoms. The highest BCUT2D eigenvalue weighted by atomic mass is 15.0. The van der Waals surface area contributed by atoms with E-state index in [2.05, 4.69) is 83.0 Å². The Kier molecular flexibility index (Phi) is 5.43. The lowest BCUT2D eigenvalue weighted by atomic mass is 9.82. The first kappa shape index (κ1) is 21.9.